The third-order valence-corrected chi connectivity index (χ3v) is 6.45. The molecule has 0 saturated carbocycles. The predicted octanol–water partition coefficient (Wildman–Crippen LogP) is 7.26. The average Bonchev–Trinajstić information content (AvgIpc) is 3.58. The van der Waals surface area contributed by atoms with Crippen molar-refractivity contribution < 1.29 is 18.7 Å². The van der Waals surface area contributed by atoms with Gasteiger partial charge in [0.25, 0.3) is 0 Å². The summed E-state index contributed by atoms with van der Waals surface area (Å²) in [5.74, 6) is 1.44. The van der Waals surface area contributed by atoms with Crippen LogP contribution < -0.4 is 14.9 Å². The Kier molecular flexibility index (Phi) is 8.32. The first-order chi connectivity index (χ1) is 19.5. The number of furan rings is 1. The summed E-state index contributed by atoms with van der Waals surface area (Å²) in [6.07, 6.45) is 1.48. The molecule has 5 rings (SSSR count). The van der Waals surface area contributed by atoms with Crippen LogP contribution in [0.2, 0.25) is 5.02 Å². The summed E-state index contributed by atoms with van der Waals surface area (Å²) in [5, 5.41) is 4.59. The van der Waals surface area contributed by atoms with E-state index in [1.165, 1.54) is 17.6 Å². The standard InChI is InChI=1S/C32H28ClN3O4/c1-22-8-9-23(2)36(22)27-11-13-28(14-12-27)38-21-29-15-17-31(40-29)32(37)35-34-19-25-18-26(33)10-16-30(25)39-20-24-6-4-3-5-7-24/h3-19H,20-21H2,1-2H3,(H,35,37)/b34-19+. The molecular formula is C32H28ClN3O4. The van der Waals surface area contributed by atoms with Gasteiger partial charge in [-0.05, 0) is 86.1 Å². The van der Waals surface area contributed by atoms with Crippen molar-refractivity contribution in [1.29, 1.82) is 0 Å². The minimum atomic E-state index is -0.488. The smallest absolute Gasteiger partial charge is 0.307 e. The lowest BCUT2D eigenvalue weighted by Gasteiger charge is -2.10. The lowest BCUT2D eigenvalue weighted by molar-refractivity contribution is 0.0923. The molecule has 0 atom stereocenters. The van der Waals surface area contributed by atoms with Gasteiger partial charge in [0.1, 0.15) is 30.5 Å². The number of aryl methyl sites for hydroxylation is 2. The van der Waals surface area contributed by atoms with Crippen molar-refractivity contribution in [3.8, 4) is 17.2 Å². The van der Waals surface area contributed by atoms with Crippen molar-refractivity contribution in [3.63, 3.8) is 0 Å². The van der Waals surface area contributed by atoms with Crippen LogP contribution in [0.4, 0.5) is 0 Å². The van der Waals surface area contributed by atoms with E-state index in [0.717, 1.165) is 11.3 Å². The van der Waals surface area contributed by atoms with Gasteiger partial charge in [0.2, 0.25) is 0 Å². The first-order valence-corrected chi connectivity index (χ1v) is 13.1. The highest BCUT2D eigenvalue weighted by atomic mass is 35.5. The second-order valence-electron chi connectivity index (χ2n) is 9.16. The molecule has 0 radical (unpaired) electrons. The number of aromatic nitrogens is 1. The minimum Gasteiger partial charge on any atom is -0.488 e. The maximum absolute atomic E-state index is 12.6. The van der Waals surface area contributed by atoms with Crippen LogP contribution in [-0.2, 0) is 13.2 Å². The fourth-order valence-corrected chi connectivity index (χ4v) is 4.38. The van der Waals surface area contributed by atoms with E-state index >= 15 is 0 Å². The second kappa shape index (κ2) is 12.4. The summed E-state index contributed by atoms with van der Waals surface area (Å²) in [5.41, 5.74) is 7.54. The minimum absolute atomic E-state index is 0.122. The fourth-order valence-electron chi connectivity index (χ4n) is 4.20. The molecule has 0 bridgehead atoms. The monoisotopic (exact) mass is 553 g/mol. The molecule has 2 aromatic heterocycles. The van der Waals surface area contributed by atoms with Gasteiger partial charge < -0.3 is 18.5 Å². The Labute approximate surface area is 237 Å². The van der Waals surface area contributed by atoms with E-state index < -0.39 is 5.91 Å². The number of hydrogen-bond donors (Lipinski definition) is 1. The number of halogens is 1. The number of carbonyl (C=O) groups is 1. The predicted molar refractivity (Wildman–Crippen MR) is 156 cm³/mol. The number of hydrogen-bond acceptors (Lipinski definition) is 5. The first kappa shape index (κ1) is 26.8. The van der Waals surface area contributed by atoms with Crippen LogP contribution >= 0.6 is 11.6 Å². The molecule has 0 spiro atoms. The number of ether oxygens (including phenoxy) is 2. The number of nitrogens with zero attached hydrogens (tertiary/aromatic N) is 2. The van der Waals surface area contributed by atoms with E-state index in [9.17, 15) is 4.79 Å². The summed E-state index contributed by atoms with van der Waals surface area (Å²) in [6.45, 7) is 4.72. The molecule has 40 heavy (non-hydrogen) atoms. The van der Waals surface area contributed by atoms with Crippen LogP contribution in [-0.4, -0.2) is 16.7 Å². The number of rotatable bonds is 10. The Morgan fingerprint density at radius 2 is 1.65 bits per heavy atom. The van der Waals surface area contributed by atoms with Crippen molar-refractivity contribution in [2.75, 3.05) is 0 Å². The maximum Gasteiger partial charge on any atom is 0.307 e. The number of hydrazone groups is 1. The van der Waals surface area contributed by atoms with E-state index in [0.29, 0.717) is 34.5 Å². The normalized spacial score (nSPS) is 11.1. The van der Waals surface area contributed by atoms with Crippen molar-refractivity contribution in [2.45, 2.75) is 27.1 Å². The van der Waals surface area contributed by atoms with E-state index in [1.54, 1.807) is 30.3 Å². The molecular weight excluding hydrogens is 526 g/mol. The Hall–Kier alpha value is -4.75. The average molecular weight is 554 g/mol. The third kappa shape index (κ3) is 6.62. The summed E-state index contributed by atoms with van der Waals surface area (Å²) < 4.78 is 19.6. The number of carbonyl (C=O) groups excluding carboxylic acids is 1. The molecule has 3 aromatic carbocycles. The number of nitrogens with one attached hydrogen (secondary N) is 1. The molecule has 202 valence electrons. The number of benzene rings is 3. The molecule has 0 fully saturated rings. The Morgan fingerprint density at radius 3 is 2.40 bits per heavy atom. The molecule has 0 aliphatic rings. The van der Waals surface area contributed by atoms with Crippen molar-refractivity contribution >= 4 is 23.7 Å². The Bertz CT molecular complexity index is 1600. The zero-order valence-corrected chi connectivity index (χ0v) is 22.9. The molecule has 0 saturated heterocycles. The van der Waals surface area contributed by atoms with Gasteiger partial charge in [0, 0.05) is 27.7 Å². The molecule has 0 aliphatic carbocycles. The van der Waals surface area contributed by atoms with Gasteiger partial charge in [-0.2, -0.15) is 5.10 Å². The molecule has 1 amide bonds. The highest BCUT2D eigenvalue weighted by Gasteiger charge is 2.12. The highest BCUT2D eigenvalue weighted by Crippen LogP contribution is 2.23. The van der Waals surface area contributed by atoms with Crippen molar-refractivity contribution in [1.82, 2.24) is 9.99 Å². The van der Waals surface area contributed by atoms with Crippen molar-refractivity contribution in [2.24, 2.45) is 5.10 Å². The molecule has 7 nitrogen and oxygen atoms in total. The lowest BCUT2D eigenvalue weighted by Crippen LogP contribution is -2.16. The van der Waals surface area contributed by atoms with Crippen LogP contribution in [0, 0.1) is 13.8 Å². The van der Waals surface area contributed by atoms with Crippen LogP contribution in [0.25, 0.3) is 5.69 Å². The van der Waals surface area contributed by atoms with E-state index in [2.05, 4.69) is 41.1 Å². The molecule has 0 unspecified atom stereocenters. The van der Waals surface area contributed by atoms with E-state index in [4.69, 9.17) is 25.5 Å². The van der Waals surface area contributed by atoms with Crippen LogP contribution in [0.1, 0.15) is 38.8 Å². The van der Waals surface area contributed by atoms with Crippen LogP contribution in [0.5, 0.6) is 11.5 Å². The topological polar surface area (TPSA) is 78.0 Å². The SMILES string of the molecule is Cc1ccc(C)n1-c1ccc(OCc2ccc(C(=O)N/N=C/c3cc(Cl)ccc3OCc3ccccc3)o2)cc1. The largest absolute Gasteiger partial charge is 0.488 e. The van der Waals surface area contributed by atoms with Crippen LogP contribution in [0.3, 0.4) is 0 Å². The van der Waals surface area contributed by atoms with Gasteiger partial charge in [0.05, 0.1) is 6.21 Å². The van der Waals surface area contributed by atoms with E-state index in [-0.39, 0.29) is 12.4 Å². The summed E-state index contributed by atoms with van der Waals surface area (Å²) in [6, 6.07) is 30.3. The maximum atomic E-state index is 12.6. The van der Waals surface area contributed by atoms with Gasteiger partial charge in [-0.25, -0.2) is 5.43 Å². The van der Waals surface area contributed by atoms with Gasteiger partial charge in [0.15, 0.2) is 5.76 Å². The highest BCUT2D eigenvalue weighted by molar-refractivity contribution is 6.30. The van der Waals surface area contributed by atoms with Gasteiger partial charge in [-0.1, -0.05) is 41.9 Å². The zero-order valence-electron chi connectivity index (χ0n) is 22.1. The Morgan fingerprint density at radius 1 is 0.900 bits per heavy atom. The van der Waals surface area contributed by atoms with Gasteiger partial charge in [-0.15, -0.1) is 0 Å². The molecule has 5 aromatic rings. The van der Waals surface area contributed by atoms with Crippen molar-refractivity contribution in [3.05, 3.63) is 136 Å². The van der Waals surface area contributed by atoms with Crippen LogP contribution in [0.15, 0.2) is 107 Å². The first-order valence-electron chi connectivity index (χ1n) is 12.7. The second-order valence-corrected chi connectivity index (χ2v) is 9.59. The van der Waals surface area contributed by atoms with Gasteiger partial charge >= 0.3 is 5.91 Å². The zero-order chi connectivity index (χ0) is 27.9. The summed E-state index contributed by atoms with van der Waals surface area (Å²) in [4.78, 5) is 12.6. The summed E-state index contributed by atoms with van der Waals surface area (Å²) in [7, 11) is 0. The molecule has 1 N–H and O–H groups in total. The van der Waals surface area contributed by atoms with E-state index in [1.807, 2.05) is 54.6 Å². The third-order valence-electron chi connectivity index (χ3n) is 6.21. The Balaban J connectivity index is 1.15. The van der Waals surface area contributed by atoms with Gasteiger partial charge in [-0.3, -0.25) is 4.79 Å². The molecule has 2 heterocycles. The summed E-state index contributed by atoms with van der Waals surface area (Å²) >= 11 is 6.16. The fraction of sp³-hybridized carbons (Fsp3) is 0.125. The molecule has 8 heteroatoms. The lowest BCUT2D eigenvalue weighted by atomic mass is 10.2. The quantitative estimate of drug-likeness (QED) is 0.146. The molecule has 0 aliphatic heterocycles. The number of amides is 1.